The van der Waals surface area contributed by atoms with Gasteiger partial charge in [0.2, 0.25) is 0 Å². The highest BCUT2D eigenvalue weighted by Gasteiger charge is 2.46. The first kappa shape index (κ1) is 15.3. The smallest absolute Gasteiger partial charge is 0.324 e. The van der Waals surface area contributed by atoms with Crippen LogP contribution in [0.4, 0.5) is 8.78 Å². The average molecular weight is 307 g/mol. The zero-order chi connectivity index (χ0) is 15.1. The van der Waals surface area contributed by atoms with Crippen molar-refractivity contribution in [3.63, 3.8) is 0 Å². The lowest BCUT2D eigenvalue weighted by Crippen LogP contribution is -2.58. The molecule has 0 amide bonds. The first-order valence-corrected chi connectivity index (χ1v) is 6.64. The zero-order valence-corrected chi connectivity index (χ0v) is 12.6. The lowest BCUT2D eigenvalue weighted by molar-refractivity contribution is -0.0185. The van der Waals surface area contributed by atoms with Gasteiger partial charge in [0.05, 0.1) is 0 Å². The van der Waals surface area contributed by atoms with Crippen LogP contribution in [0.3, 0.4) is 0 Å². The van der Waals surface area contributed by atoms with Gasteiger partial charge in [-0.2, -0.15) is 13.8 Å². The van der Waals surface area contributed by atoms with Gasteiger partial charge in [0.25, 0.3) is 0 Å². The maximum absolute atomic E-state index is 12.9. The first-order chi connectivity index (χ1) is 9.10. The second kappa shape index (κ2) is 5.04. The molecule has 1 aliphatic rings. The highest BCUT2D eigenvalue weighted by atomic mass is 35.5. The molecule has 0 bridgehead atoms. The fourth-order valence-electron chi connectivity index (χ4n) is 2.76. The number of hydrogen-bond donors (Lipinski definition) is 0. The summed E-state index contributed by atoms with van der Waals surface area (Å²) in [5.41, 5.74) is -0.643. The Bertz CT molecular complexity index is 474. The molecule has 20 heavy (non-hydrogen) atoms. The van der Waals surface area contributed by atoms with Crippen LogP contribution in [0.25, 0.3) is 0 Å². The van der Waals surface area contributed by atoms with Crippen LogP contribution in [0.15, 0.2) is 0 Å². The Kier molecular flexibility index (Phi) is 3.85. The number of ether oxygens (including phenoxy) is 1. The Hall–Kier alpha value is -1.08. The predicted molar refractivity (Wildman–Crippen MR) is 69.2 cm³/mol. The second-order valence-corrected chi connectivity index (χ2v) is 6.55. The standard InChI is InChI=1S/C12H17ClF2N4O/c1-11(2)5-7(6-12(3,4)19(11)13)20-10-17-8(14)16-9(15)18-10/h7H,5-6H2,1-4H3. The van der Waals surface area contributed by atoms with Gasteiger partial charge in [-0.3, -0.25) is 0 Å². The molecule has 0 aliphatic carbocycles. The molecule has 5 nitrogen and oxygen atoms in total. The van der Waals surface area contributed by atoms with Crippen molar-refractivity contribution in [3.8, 4) is 6.01 Å². The van der Waals surface area contributed by atoms with Gasteiger partial charge in [0.1, 0.15) is 6.10 Å². The molecule has 1 aromatic rings. The minimum absolute atomic E-state index is 0.281. The summed E-state index contributed by atoms with van der Waals surface area (Å²) in [6.07, 6.45) is -1.48. The molecule has 1 fully saturated rings. The third-order valence-electron chi connectivity index (χ3n) is 3.35. The van der Waals surface area contributed by atoms with Crippen molar-refractivity contribution < 1.29 is 13.5 Å². The summed E-state index contributed by atoms with van der Waals surface area (Å²) in [6, 6.07) is -0.338. The molecule has 2 heterocycles. The molecule has 0 atom stereocenters. The van der Waals surface area contributed by atoms with Gasteiger partial charge in [0.15, 0.2) is 0 Å². The number of hydrogen-bond acceptors (Lipinski definition) is 5. The van der Waals surface area contributed by atoms with Crippen LogP contribution in [-0.4, -0.2) is 36.6 Å². The molecule has 1 saturated heterocycles. The van der Waals surface area contributed by atoms with E-state index in [1.54, 1.807) is 4.42 Å². The summed E-state index contributed by atoms with van der Waals surface area (Å²) in [5, 5.41) is 0. The largest absolute Gasteiger partial charge is 0.460 e. The van der Waals surface area contributed by atoms with Crippen LogP contribution in [0.5, 0.6) is 6.01 Å². The van der Waals surface area contributed by atoms with E-state index in [1.165, 1.54) is 0 Å². The normalized spacial score (nSPS) is 22.8. The van der Waals surface area contributed by atoms with E-state index in [0.717, 1.165) is 0 Å². The van der Waals surface area contributed by atoms with Crippen molar-refractivity contribution in [2.75, 3.05) is 0 Å². The van der Waals surface area contributed by atoms with E-state index in [4.69, 9.17) is 16.5 Å². The maximum Gasteiger partial charge on any atom is 0.324 e. The third kappa shape index (κ3) is 3.15. The lowest BCUT2D eigenvalue weighted by Gasteiger charge is -2.50. The monoisotopic (exact) mass is 306 g/mol. The van der Waals surface area contributed by atoms with E-state index >= 15 is 0 Å². The van der Waals surface area contributed by atoms with Crippen LogP contribution in [-0.2, 0) is 0 Å². The summed E-state index contributed by atoms with van der Waals surface area (Å²) in [6.45, 7) is 7.91. The number of nitrogens with zero attached hydrogens (tertiary/aromatic N) is 4. The highest BCUT2D eigenvalue weighted by Crippen LogP contribution is 2.40. The third-order valence-corrected chi connectivity index (χ3v) is 4.26. The minimum atomic E-state index is -1.19. The Balaban J connectivity index is 2.18. The van der Waals surface area contributed by atoms with E-state index < -0.39 is 12.2 Å². The minimum Gasteiger partial charge on any atom is -0.460 e. The lowest BCUT2D eigenvalue weighted by atomic mass is 9.81. The highest BCUT2D eigenvalue weighted by molar-refractivity contribution is 6.14. The van der Waals surface area contributed by atoms with Crippen molar-refractivity contribution in [3.05, 3.63) is 12.2 Å². The van der Waals surface area contributed by atoms with Gasteiger partial charge in [-0.1, -0.05) is 0 Å². The fourth-order valence-corrected chi connectivity index (χ4v) is 2.90. The van der Waals surface area contributed by atoms with Crippen LogP contribution in [0.2, 0.25) is 0 Å². The molecule has 0 radical (unpaired) electrons. The van der Waals surface area contributed by atoms with E-state index in [1.807, 2.05) is 27.7 Å². The quantitative estimate of drug-likeness (QED) is 0.786. The van der Waals surface area contributed by atoms with E-state index in [9.17, 15) is 8.78 Å². The summed E-state index contributed by atoms with van der Waals surface area (Å²) < 4.78 is 33.1. The van der Waals surface area contributed by atoms with Gasteiger partial charge in [-0.05, 0) is 39.5 Å². The predicted octanol–water partition coefficient (Wildman–Crippen LogP) is 2.70. The van der Waals surface area contributed by atoms with Crippen molar-refractivity contribution >= 4 is 11.8 Å². The number of halogens is 3. The maximum atomic E-state index is 12.9. The summed E-state index contributed by atoms with van der Waals surface area (Å²) in [5.74, 6) is 0. The summed E-state index contributed by atoms with van der Waals surface area (Å²) >= 11 is 6.34. The molecular formula is C12H17ClF2N4O. The number of rotatable bonds is 2. The molecule has 0 spiro atoms. The SMILES string of the molecule is CC1(C)CC(Oc2nc(F)nc(F)n2)CC(C)(C)N1Cl. The Morgan fingerprint density at radius 1 is 1.05 bits per heavy atom. The molecule has 8 heteroatoms. The summed E-state index contributed by atoms with van der Waals surface area (Å²) in [4.78, 5) is 9.52. The van der Waals surface area contributed by atoms with Crippen LogP contribution in [0, 0.1) is 12.2 Å². The molecule has 0 N–H and O–H groups in total. The molecule has 0 unspecified atom stereocenters. The van der Waals surface area contributed by atoms with E-state index in [-0.39, 0.29) is 23.2 Å². The second-order valence-electron chi connectivity index (χ2n) is 6.21. The average Bonchev–Trinajstić information content (AvgIpc) is 2.23. The van der Waals surface area contributed by atoms with E-state index in [0.29, 0.717) is 12.8 Å². The fraction of sp³-hybridized carbons (Fsp3) is 0.750. The molecule has 1 aliphatic heterocycles. The zero-order valence-electron chi connectivity index (χ0n) is 11.8. The molecule has 2 rings (SSSR count). The van der Waals surface area contributed by atoms with Crippen LogP contribution >= 0.6 is 11.8 Å². The van der Waals surface area contributed by atoms with Gasteiger partial charge in [-0.25, -0.2) is 4.42 Å². The summed E-state index contributed by atoms with van der Waals surface area (Å²) in [7, 11) is 0. The van der Waals surface area contributed by atoms with Crippen LogP contribution < -0.4 is 4.74 Å². The van der Waals surface area contributed by atoms with Crippen molar-refractivity contribution in [1.29, 1.82) is 0 Å². The Morgan fingerprint density at radius 3 is 1.95 bits per heavy atom. The van der Waals surface area contributed by atoms with Gasteiger partial charge in [-0.15, -0.1) is 9.97 Å². The molecule has 112 valence electrons. The van der Waals surface area contributed by atoms with Crippen molar-refractivity contribution in [2.45, 2.75) is 57.7 Å². The van der Waals surface area contributed by atoms with Crippen LogP contribution in [0.1, 0.15) is 40.5 Å². The van der Waals surface area contributed by atoms with Crippen molar-refractivity contribution in [1.82, 2.24) is 19.4 Å². The Labute approximate surface area is 121 Å². The molecule has 1 aromatic heterocycles. The van der Waals surface area contributed by atoms with Gasteiger partial charge >= 0.3 is 18.2 Å². The van der Waals surface area contributed by atoms with Crippen molar-refractivity contribution in [2.24, 2.45) is 0 Å². The van der Waals surface area contributed by atoms with Gasteiger partial charge < -0.3 is 4.74 Å². The number of piperidine rings is 1. The molecule has 0 aromatic carbocycles. The first-order valence-electron chi connectivity index (χ1n) is 6.30. The number of aromatic nitrogens is 3. The Morgan fingerprint density at radius 2 is 1.50 bits per heavy atom. The van der Waals surface area contributed by atoms with Gasteiger partial charge in [0, 0.05) is 23.9 Å². The molecular weight excluding hydrogens is 290 g/mol. The van der Waals surface area contributed by atoms with E-state index in [2.05, 4.69) is 15.0 Å². The topological polar surface area (TPSA) is 51.1 Å². The molecule has 0 saturated carbocycles.